The number of amides is 1. The van der Waals surface area contributed by atoms with Gasteiger partial charge in [0.05, 0.1) is 13.2 Å². The fourth-order valence-corrected chi connectivity index (χ4v) is 4.63. The fraction of sp³-hybridized carbons (Fsp3) is 0.588. The second-order valence-electron chi connectivity index (χ2n) is 6.25. The van der Waals surface area contributed by atoms with Crippen molar-refractivity contribution in [2.75, 3.05) is 44.4 Å². The van der Waals surface area contributed by atoms with Crippen molar-refractivity contribution in [1.29, 1.82) is 0 Å². The van der Waals surface area contributed by atoms with Crippen LogP contribution in [0.4, 0.5) is 8.78 Å². The maximum absolute atomic E-state index is 13.3. The number of rotatable bonds is 4. The van der Waals surface area contributed by atoms with Crippen molar-refractivity contribution >= 4 is 17.7 Å². The molecule has 0 aromatic heterocycles. The molecule has 4 nitrogen and oxygen atoms in total. The molecule has 0 saturated carbocycles. The van der Waals surface area contributed by atoms with E-state index in [0.29, 0.717) is 19.8 Å². The molecule has 132 valence electrons. The standard InChI is InChI=1S/C17H22F2N2O2S/c18-14-2-1-13(11-15(14)19)16(22)20-12-17(3-9-24-10-4-17)21-5-7-23-8-6-21/h1-2,11H,3-10,12H2,(H,20,22). The van der Waals surface area contributed by atoms with Crippen LogP contribution in [0.1, 0.15) is 23.2 Å². The molecule has 0 bridgehead atoms. The molecular weight excluding hydrogens is 334 g/mol. The first kappa shape index (κ1) is 17.6. The summed E-state index contributed by atoms with van der Waals surface area (Å²) < 4.78 is 31.8. The molecule has 7 heteroatoms. The normalized spacial score (nSPS) is 21.4. The first-order valence-electron chi connectivity index (χ1n) is 8.25. The van der Waals surface area contributed by atoms with E-state index in [4.69, 9.17) is 4.74 Å². The molecule has 2 saturated heterocycles. The summed E-state index contributed by atoms with van der Waals surface area (Å²) in [6.45, 7) is 3.68. The van der Waals surface area contributed by atoms with E-state index in [1.54, 1.807) is 0 Å². The van der Waals surface area contributed by atoms with Crippen LogP contribution in [-0.2, 0) is 4.74 Å². The predicted octanol–water partition coefficient (Wildman–Crippen LogP) is 2.29. The number of ether oxygens (including phenoxy) is 1. The molecule has 24 heavy (non-hydrogen) atoms. The maximum Gasteiger partial charge on any atom is 0.251 e. The lowest BCUT2D eigenvalue weighted by Crippen LogP contribution is -2.60. The number of nitrogens with one attached hydrogen (secondary N) is 1. The highest BCUT2D eigenvalue weighted by Crippen LogP contribution is 2.32. The molecule has 1 N–H and O–H groups in total. The Morgan fingerprint density at radius 1 is 1.21 bits per heavy atom. The van der Waals surface area contributed by atoms with Gasteiger partial charge in [-0.1, -0.05) is 0 Å². The van der Waals surface area contributed by atoms with E-state index in [0.717, 1.165) is 49.6 Å². The van der Waals surface area contributed by atoms with Crippen LogP contribution in [-0.4, -0.2) is 60.7 Å². The van der Waals surface area contributed by atoms with Gasteiger partial charge in [-0.25, -0.2) is 8.78 Å². The monoisotopic (exact) mass is 356 g/mol. The van der Waals surface area contributed by atoms with Crippen molar-refractivity contribution in [2.24, 2.45) is 0 Å². The Balaban J connectivity index is 1.68. The van der Waals surface area contributed by atoms with Crippen LogP contribution in [0.2, 0.25) is 0 Å². The van der Waals surface area contributed by atoms with E-state index in [-0.39, 0.29) is 17.0 Å². The van der Waals surface area contributed by atoms with E-state index in [1.807, 2.05) is 11.8 Å². The zero-order valence-electron chi connectivity index (χ0n) is 13.5. The van der Waals surface area contributed by atoms with Gasteiger partial charge in [0.1, 0.15) is 0 Å². The topological polar surface area (TPSA) is 41.6 Å². The van der Waals surface area contributed by atoms with Crippen molar-refractivity contribution in [3.05, 3.63) is 35.4 Å². The minimum atomic E-state index is -1.00. The van der Waals surface area contributed by atoms with Crippen molar-refractivity contribution in [1.82, 2.24) is 10.2 Å². The number of hydrogen-bond acceptors (Lipinski definition) is 4. The van der Waals surface area contributed by atoms with Gasteiger partial charge in [0, 0.05) is 30.7 Å². The van der Waals surface area contributed by atoms with Gasteiger partial charge in [-0.15, -0.1) is 0 Å². The second-order valence-corrected chi connectivity index (χ2v) is 7.47. The maximum atomic E-state index is 13.3. The Kier molecular flexibility index (Phi) is 5.73. The van der Waals surface area contributed by atoms with Gasteiger partial charge in [-0.3, -0.25) is 9.69 Å². The van der Waals surface area contributed by atoms with Crippen LogP contribution < -0.4 is 5.32 Å². The average Bonchev–Trinajstić information content (AvgIpc) is 2.63. The molecule has 2 aliphatic rings. The van der Waals surface area contributed by atoms with Crippen molar-refractivity contribution < 1.29 is 18.3 Å². The Morgan fingerprint density at radius 2 is 1.92 bits per heavy atom. The van der Waals surface area contributed by atoms with Crippen molar-refractivity contribution in [3.63, 3.8) is 0 Å². The van der Waals surface area contributed by atoms with Crippen LogP contribution in [0, 0.1) is 11.6 Å². The van der Waals surface area contributed by atoms with E-state index in [2.05, 4.69) is 10.2 Å². The number of nitrogens with zero attached hydrogens (tertiary/aromatic N) is 1. The Labute approximate surface area is 144 Å². The highest BCUT2D eigenvalue weighted by molar-refractivity contribution is 7.99. The molecule has 0 atom stereocenters. The summed E-state index contributed by atoms with van der Waals surface area (Å²) in [6.07, 6.45) is 2.02. The van der Waals surface area contributed by atoms with Gasteiger partial charge in [-0.05, 0) is 42.5 Å². The summed E-state index contributed by atoms with van der Waals surface area (Å²) in [7, 11) is 0. The van der Waals surface area contributed by atoms with Gasteiger partial charge >= 0.3 is 0 Å². The quantitative estimate of drug-likeness (QED) is 0.899. The summed E-state index contributed by atoms with van der Waals surface area (Å²) in [6, 6.07) is 3.24. The third-order valence-corrected chi connectivity index (χ3v) is 5.85. The zero-order chi connectivity index (χ0) is 17.0. The number of benzene rings is 1. The molecule has 1 amide bonds. The number of halogens is 2. The molecule has 3 rings (SSSR count). The summed E-state index contributed by atoms with van der Waals surface area (Å²) in [5.74, 6) is -0.170. The van der Waals surface area contributed by atoms with Crippen LogP contribution in [0.15, 0.2) is 18.2 Å². The van der Waals surface area contributed by atoms with Crippen LogP contribution >= 0.6 is 11.8 Å². The molecule has 0 radical (unpaired) electrons. The van der Waals surface area contributed by atoms with Gasteiger partial charge in [-0.2, -0.15) is 11.8 Å². The van der Waals surface area contributed by atoms with Gasteiger partial charge in [0.15, 0.2) is 11.6 Å². The summed E-state index contributed by atoms with van der Waals surface area (Å²) in [5.41, 5.74) is 0.0831. The third kappa shape index (κ3) is 3.90. The largest absolute Gasteiger partial charge is 0.379 e. The van der Waals surface area contributed by atoms with E-state index in [9.17, 15) is 13.6 Å². The molecule has 1 aromatic carbocycles. The molecule has 0 unspecified atom stereocenters. The van der Waals surface area contributed by atoms with E-state index in [1.165, 1.54) is 6.07 Å². The summed E-state index contributed by atoms with van der Waals surface area (Å²) in [4.78, 5) is 14.7. The molecule has 1 aromatic rings. The number of morpholine rings is 1. The van der Waals surface area contributed by atoms with Crippen molar-refractivity contribution in [3.8, 4) is 0 Å². The average molecular weight is 356 g/mol. The molecular formula is C17H22F2N2O2S. The van der Waals surface area contributed by atoms with Gasteiger partial charge in [0.25, 0.3) is 5.91 Å². The first-order chi connectivity index (χ1) is 11.6. The number of hydrogen-bond donors (Lipinski definition) is 1. The van der Waals surface area contributed by atoms with Gasteiger partial charge in [0.2, 0.25) is 0 Å². The lowest BCUT2D eigenvalue weighted by Gasteiger charge is -2.48. The van der Waals surface area contributed by atoms with E-state index < -0.39 is 11.6 Å². The molecule has 2 heterocycles. The Bertz CT molecular complexity index is 588. The lowest BCUT2D eigenvalue weighted by molar-refractivity contribution is -0.0255. The highest BCUT2D eigenvalue weighted by atomic mass is 32.2. The van der Waals surface area contributed by atoms with Gasteiger partial charge < -0.3 is 10.1 Å². The SMILES string of the molecule is O=C(NCC1(N2CCOCC2)CCSCC1)c1ccc(F)c(F)c1. The smallest absolute Gasteiger partial charge is 0.251 e. The molecule has 0 spiro atoms. The summed E-state index contributed by atoms with van der Waals surface area (Å²) in [5, 5.41) is 2.93. The summed E-state index contributed by atoms with van der Waals surface area (Å²) >= 11 is 1.93. The lowest BCUT2D eigenvalue weighted by atomic mass is 9.89. The minimum Gasteiger partial charge on any atom is -0.379 e. The number of carbonyl (C=O) groups excluding carboxylic acids is 1. The minimum absolute atomic E-state index is 0.0662. The number of thioether (sulfide) groups is 1. The van der Waals surface area contributed by atoms with Crippen molar-refractivity contribution in [2.45, 2.75) is 18.4 Å². The second kappa shape index (κ2) is 7.80. The molecule has 2 aliphatic heterocycles. The van der Waals surface area contributed by atoms with Crippen LogP contribution in [0.3, 0.4) is 0 Å². The zero-order valence-corrected chi connectivity index (χ0v) is 14.3. The molecule has 2 fully saturated rings. The van der Waals surface area contributed by atoms with E-state index >= 15 is 0 Å². The fourth-order valence-electron chi connectivity index (χ4n) is 3.38. The van der Waals surface area contributed by atoms with Crippen LogP contribution in [0.25, 0.3) is 0 Å². The molecule has 0 aliphatic carbocycles. The highest BCUT2D eigenvalue weighted by Gasteiger charge is 2.39. The number of carbonyl (C=O) groups is 1. The Morgan fingerprint density at radius 3 is 2.58 bits per heavy atom. The third-order valence-electron chi connectivity index (χ3n) is 4.87. The predicted molar refractivity (Wildman–Crippen MR) is 90.4 cm³/mol. The Hall–Kier alpha value is -1.18. The first-order valence-corrected chi connectivity index (χ1v) is 9.40. The van der Waals surface area contributed by atoms with Crippen LogP contribution in [0.5, 0.6) is 0 Å².